The lowest BCUT2D eigenvalue weighted by atomic mass is 10.1. The van der Waals surface area contributed by atoms with Gasteiger partial charge >= 0.3 is 0 Å². The zero-order chi connectivity index (χ0) is 17.2. The average Bonchev–Trinajstić information content (AvgIpc) is 2.64. The van der Waals surface area contributed by atoms with Crippen LogP contribution < -0.4 is 20.1 Å². The third kappa shape index (κ3) is 5.59. The molecule has 0 aliphatic carbocycles. The van der Waals surface area contributed by atoms with Crippen molar-refractivity contribution in [1.82, 2.24) is 10.6 Å². The van der Waals surface area contributed by atoms with Crippen molar-refractivity contribution in [1.29, 1.82) is 0 Å². The summed E-state index contributed by atoms with van der Waals surface area (Å²) in [6.45, 7) is 1.50. The van der Waals surface area contributed by atoms with E-state index in [1.165, 1.54) is 5.56 Å². The fourth-order valence-corrected chi connectivity index (χ4v) is 2.33. The molecule has 2 N–H and O–H groups in total. The molecule has 2 aromatic carbocycles. The summed E-state index contributed by atoms with van der Waals surface area (Å²) in [4.78, 5) is 11.9. The number of benzene rings is 2. The van der Waals surface area contributed by atoms with Crippen molar-refractivity contribution in [3.8, 4) is 11.5 Å². The molecular formula is C19H24N2O3. The van der Waals surface area contributed by atoms with E-state index in [1.54, 1.807) is 14.2 Å². The molecule has 0 saturated heterocycles. The fraction of sp³-hybridized carbons (Fsp3) is 0.316. The predicted octanol–water partition coefficient (Wildman–Crippen LogP) is 2.15. The molecule has 5 heteroatoms. The Hall–Kier alpha value is -2.53. The van der Waals surface area contributed by atoms with Gasteiger partial charge in [0.15, 0.2) is 0 Å². The molecule has 0 aromatic heterocycles. The number of nitrogens with one attached hydrogen (secondary N) is 2. The maximum absolute atomic E-state index is 11.9. The van der Waals surface area contributed by atoms with E-state index in [1.807, 2.05) is 48.5 Å². The van der Waals surface area contributed by atoms with Gasteiger partial charge in [-0.05, 0) is 36.7 Å². The van der Waals surface area contributed by atoms with Crippen LogP contribution in [0.15, 0.2) is 48.5 Å². The molecule has 0 saturated carbocycles. The molecule has 0 spiro atoms. The first kappa shape index (κ1) is 17.8. The number of methoxy groups -OCH3 is 2. The van der Waals surface area contributed by atoms with E-state index in [2.05, 4.69) is 10.6 Å². The first-order valence-electron chi connectivity index (χ1n) is 7.95. The van der Waals surface area contributed by atoms with Crippen molar-refractivity contribution in [3.63, 3.8) is 0 Å². The Bertz CT molecular complexity index is 641. The lowest BCUT2D eigenvalue weighted by Crippen LogP contribution is -2.34. The normalized spacial score (nSPS) is 10.2. The third-order valence-corrected chi connectivity index (χ3v) is 3.70. The van der Waals surface area contributed by atoms with Gasteiger partial charge in [-0.3, -0.25) is 4.79 Å². The smallest absolute Gasteiger partial charge is 0.234 e. The number of amides is 1. The fourth-order valence-electron chi connectivity index (χ4n) is 2.33. The SMILES string of the molecule is COc1ccc(CCNCC(=O)NCc2ccccc2OC)cc1. The number of carbonyl (C=O) groups excluding carboxylic acids is 1. The highest BCUT2D eigenvalue weighted by Gasteiger charge is 2.04. The molecule has 1 amide bonds. The van der Waals surface area contributed by atoms with E-state index in [-0.39, 0.29) is 5.91 Å². The molecule has 0 heterocycles. The van der Waals surface area contributed by atoms with E-state index >= 15 is 0 Å². The van der Waals surface area contributed by atoms with Gasteiger partial charge in [0.2, 0.25) is 5.91 Å². The lowest BCUT2D eigenvalue weighted by Gasteiger charge is -2.10. The van der Waals surface area contributed by atoms with Crippen LogP contribution in [-0.2, 0) is 17.8 Å². The summed E-state index contributed by atoms with van der Waals surface area (Å²) in [6.07, 6.45) is 0.865. The van der Waals surface area contributed by atoms with Crippen molar-refractivity contribution in [2.45, 2.75) is 13.0 Å². The second-order valence-electron chi connectivity index (χ2n) is 5.36. The lowest BCUT2D eigenvalue weighted by molar-refractivity contribution is -0.120. The number of para-hydroxylation sites is 1. The maximum Gasteiger partial charge on any atom is 0.234 e. The zero-order valence-corrected chi connectivity index (χ0v) is 14.2. The van der Waals surface area contributed by atoms with Crippen molar-refractivity contribution in [2.24, 2.45) is 0 Å². The quantitative estimate of drug-likeness (QED) is 0.693. The van der Waals surface area contributed by atoms with E-state index in [0.717, 1.165) is 30.0 Å². The molecule has 0 aliphatic rings. The summed E-state index contributed by atoms with van der Waals surface area (Å²) >= 11 is 0. The van der Waals surface area contributed by atoms with Gasteiger partial charge in [0, 0.05) is 12.1 Å². The van der Waals surface area contributed by atoms with Gasteiger partial charge in [0.25, 0.3) is 0 Å². The Kier molecular flexibility index (Phi) is 7.11. The van der Waals surface area contributed by atoms with Gasteiger partial charge in [0.05, 0.1) is 20.8 Å². The van der Waals surface area contributed by atoms with Gasteiger partial charge in [0.1, 0.15) is 11.5 Å². The van der Waals surface area contributed by atoms with Gasteiger partial charge in [-0.25, -0.2) is 0 Å². The topological polar surface area (TPSA) is 59.6 Å². The first-order valence-corrected chi connectivity index (χ1v) is 7.95. The van der Waals surface area contributed by atoms with E-state index in [9.17, 15) is 4.79 Å². The Balaban J connectivity index is 1.66. The third-order valence-electron chi connectivity index (χ3n) is 3.70. The summed E-state index contributed by atoms with van der Waals surface area (Å²) < 4.78 is 10.4. The number of carbonyl (C=O) groups is 1. The minimum atomic E-state index is -0.0318. The summed E-state index contributed by atoms with van der Waals surface area (Å²) in [5, 5.41) is 6.04. The van der Waals surface area contributed by atoms with Crippen LogP contribution in [0.4, 0.5) is 0 Å². The van der Waals surface area contributed by atoms with E-state index < -0.39 is 0 Å². The molecule has 0 atom stereocenters. The molecule has 0 unspecified atom stereocenters. The minimum Gasteiger partial charge on any atom is -0.497 e. The Labute approximate surface area is 143 Å². The highest BCUT2D eigenvalue weighted by molar-refractivity contribution is 5.78. The summed E-state index contributed by atoms with van der Waals surface area (Å²) in [6, 6.07) is 15.6. The summed E-state index contributed by atoms with van der Waals surface area (Å²) in [5.74, 6) is 1.60. The molecule has 24 heavy (non-hydrogen) atoms. The standard InChI is InChI=1S/C19H24N2O3/c1-23-17-9-7-15(8-10-17)11-12-20-14-19(22)21-13-16-5-3-4-6-18(16)24-2/h3-10,20H,11-14H2,1-2H3,(H,21,22). The molecule has 2 rings (SSSR count). The Morgan fingerprint density at radius 2 is 1.75 bits per heavy atom. The molecule has 128 valence electrons. The molecule has 2 aromatic rings. The van der Waals surface area contributed by atoms with Crippen molar-refractivity contribution >= 4 is 5.91 Å². The van der Waals surface area contributed by atoms with Gasteiger partial charge in [-0.1, -0.05) is 30.3 Å². The second kappa shape index (κ2) is 9.57. The van der Waals surface area contributed by atoms with E-state index in [0.29, 0.717) is 13.1 Å². The molecule has 0 aliphatic heterocycles. The number of hydrogen-bond donors (Lipinski definition) is 2. The number of rotatable bonds is 9. The number of ether oxygens (including phenoxy) is 2. The highest BCUT2D eigenvalue weighted by Crippen LogP contribution is 2.16. The first-order chi connectivity index (χ1) is 11.7. The van der Waals surface area contributed by atoms with Crippen LogP contribution >= 0.6 is 0 Å². The van der Waals surface area contributed by atoms with Crippen LogP contribution in [0.25, 0.3) is 0 Å². The molecule has 0 bridgehead atoms. The van der Waals surface area contributed by atoms with Gasteiger partial charge in [-0.2, -0.15) is 0 Å². The summed E-state index contributed by atoms with van der Waals surface area (Å²) in [5.41, 5.74) is 2.17. The van der Waals surface area contributed by atoms with Gasteiger partial charge in [-0.15, -0.1) is 0 Å². The largest absolute Gasteiger partial charge is 0.497 e. The van der Waals surface area contributed by atoms with Crippen LogP contribution in [-0.4, -0.2) is 33.2 Å². The maximum atomic E-state index is 11.9. The Morgan fingerprint density at radius 3 is 2.46 bits per heavy atom. The zero-order valence-electron chi connectivity index (χ0n) is 14.2. The van der Waals surface area contributed by atoms with Crippen LogP contribution in [0.2, 0.25) is 0 Å². The van der Waals surface area contributed by atoms with Crippen LogP contribution in [0.1, 0.15) is 11.1 Å². The van der Waals surface area contributed by atoms with Crippen molar-refractivity contribution in [3.05, 3.63) is 59.7 Å². The van der Waals surface area contributed by atoms with Crippen molar-refractivity contribution < 1.29 is 14.3 Å². The monoisotopic (exact) mass is 328 g/mol. The van der Waals surface area contributed by atoms with Gasteiger partial charge < -0.3 is 20.1 Å². The van der Waals surface area contributed by atoms with E-state index in [4.69, 9.17) is 9.47 Å². The highest BCUT2D eigenvalue weighted by atomic mass is 16.5. The molecule has 5 nitrogen and oxygen atoms in total. The predicted molar refractivity (Wildman–Crippen MR) is 94.4 cm³/mol. The minimum absolute atomic E-state index is 0.0318. The second-order valence-corrected chi connectivity index (χ2v) is 5.36. The van der Waals surface area contributed by atoms with Crippen LogP contribution in [0.5, 0.6) is 11.5 Å². The Morgan fingerprint density at radius 1 is 1.00 bits per heavy atom. The van der Waals surface area contributed by atoms with Crippen LogP contribution in [0.3, 0.4) is 0 Å². The molecular weight excluding hydrogens is 304 g/mol. The average molecular weight is 328 g/mol. The van der Waals surface area contributed by atoms with Crippen LogP contribution in [0, 0.1) is 0 Å². The molecule has 0 fully saturated rings. The summed E-state index contributed by atoms with van der Waals surface area (Å²) in [7, 11) is 3.28. The number of hydrogen-bond acceptors (Lipinski definition) is 4. The molecule has 0 radical (unpaired) electrons. The van der Waals surface area contributed by atoms with Crippen molar-refractivity contribution in [2.75, 3.05) is 27.3 Å².